The van der Waals surface area contributed by atoms with Gasteiger partial charge in [0.15, 0.2) is 0 Å². The molecule has 4 atom stereocenters. The van der Waals surface area contributed by atoms with E-state index in [2.05, 4.69) is 55.3 Å². The molecule has 1 N–H and O–H groups in total. The number of benzene rings is 1. The first-order valence-electron chi connectivity index (χ1n) is 8.39. The number of hydrogen-bond donors (Lipinski definition) is 1. The SMILES string of the molecule is CCCNC1c2ccccc2OCC1N1CC(C)C(C)C1. The number of nitrogens with zero attached hydrogens (tertiary/aromatic N) is 1. The largest absolute Gasteiger partial charge is 0.492 e. The lowest BCUT2D eigenvalue weighted by Gasteiger charge is -2.39. The Labute approximate surface area is 128 Å². The lowest BCUT2D eigenvalue weighted by Crippen LogP contribution is -2.49. The van der Waals surface area contributed by atoms with E-state index >= 15 is 0 Å². The summed E-state index contributed by atoms with van der Waals surface area (Å²) >= 11 is 0. The molecule has 3 nitrogen and oxygen atoms in total. The van der Waals surface area contributed by atoms with E-state index in [0.29, 0.717) is 12.1 Å². The summed E-state index contributed by atoms with van der Waals surface area (Å²) in [6, 6.07) is 9.36. The van der Waals surface area contributed by atoms with Crippen molar-refractivity contribution in [1.29, 1.82) is 0 Å². The van der Waals surface area contributed by atoms with Crippen LogP contribution in [0.3, 0.4) is 0 Å². The van der Waals surface area contributed by atoms with Crippen LogP contribution in [0.2, 0.25) is 0 Å². The van der Waals surface area contributed by atoms with Crippen LogP contribution >= 0.6 is 0 Å². The van der Waals surface area contributed by atoms with Gasteiger partial charge in [0.05, 0.1) is 12.1 Å². The Hall–Kier alpha value is -1.06. The average molecular weight is 288 g/mol. The van der Waals surface area contributed by atoms with Crippen LogP contribution in [0.5, 0.6) is 5.75 Å². The van der Waals surface area contributed by atoms with E-state index in [9.17, 15) is 0 Å². The van der Waals surface area contributed by atoms with Crippen LogP contribution in [0.4, 0.5) is 0 Å². The number of fused-ring (bicyclic) bond motifs is 1. The number of nitrogens with one attached hydrogen (secondary N) is 1. The van der Waals surface area contributed by atoms with Crippen LogP contribution in [-0.4, -0.2) is 37.2 Å². The molecule has 0 bridgehead atoms. The van der Waals surface area contributed by atoms with E-state index in [-0.39, 0.29) is 0 Å². The topological polar surface area (TPSA) is 24.5 Å². The van der Waals surface area contributed by atoms with Gasteiger partial charge in [-0.2, -0.15) is 0 Å². The normalized spacial score (nSPS) is 32.7. The maximum absolute atomic E-state index is 6.05. The summed E-state index contributed by atoms with van der Waals surface area (Å²) < 4.78 is 6.05. The second-order valence-corrected chi connectivity index (χ2v) is 6.76. The van der Waals surface area contributed by atoms with Crippen molar-refractivity contribution in [1.82, 2.24) is 10.2 Å². The molecule has 116 valence electrons. The molecule has 1 saturated heterocycles. The first-order chi connectivity index (χ1) is 10.2. The smallest absolute Gasteiger partial charge is 0.124 e. The van der Waals surface area contributed by atoms with Crippen molar-refractivity contribution in [2.45, 2.75) is 39.3 Å². The highest BCUT2D eigenvalue weighted by atomic mass is 16.5. The van der Waals surface area contributed by atoms with Gasteiger partial charge < -0.3 is 10.1 Å². The maximum atomic E-state index is 6.05. The molecule has 2 aliphatic rings. The first-order valence-corrected chi connectivity index (χ1v) is 8.39. The summed E-state index contributed by atoms with van der Waals surface area (Å²) in [5.41, 5.74) is 1.33. The van der Waals surface area contributed by atoms with Gasteiger partial charge in [-0.25, -0.2) is 0 Å². The Morgan fingerprint density at radius 2 is 1.90 bits per heavy atom. The molecule has 3 heteroatoms. The molecule has 3 rings (SSSR count). The molecule has 1 aromatic carbocycles. The van der Waals surface area contributed by atoms with E-state index < -0.39 is 0 Å². The monoisotopic (exact) mass is 288 g/mol. The van der Waals surface area contributed by atoms with Crippen LogP contribution in [0.15, 0.2) is 24.3 Å². The number of hydrogen-bond acceptors (Lipinski definition) is 3. The fourth-order valence-corrected chi connectivity index (χ4v) is 3.65. The first kappa shape index (κ1) is 14.9. The van der Waals surface area contributed by atoms with Crippen molar-refractivity contribution in [3.05, 3.63) is 29.8 Å². The van der Waals surface area contributed by atoms with Gasteiger partial charge >= 0.3 is 0 Å². The number of likely N-dealkylation sites (tertiary alicyclic amines) is 1. The van der Waals surface area contributed by atoms with Gasteiger partial charge in [-0.3, -0.25) is 4.90 Å². The molecule has 0 spiro atoms. The molecular weight excluding hydrogens is 260 g/mol. The van der Waals surface area contributed by atoms with Gasteiger partial charge in [-0.15, -0.1) is 0 Å². The highest BCUT2D eigenvalue weighted by molar-refractivity contribution is 5.39. The maximum Gasteiger partial charge on any atom is 0.124 e. The second kappa shape index (κ2) is 6.37. The molecule has 0 amide bonds. The third kappa shape index (κ3) is 2.95. The third-order valence-corrected chi connectivity index (χ3v) is 5.15. The highest BCUT2D eigenvalue weighted by Crippen LogP contribution is 2.36. The number of para-hydroxylation sites is 1. The Morgan fingerprint density at radius 1 is 1.19 bits per heavy atom. The van der Waals surface area contributed by atoms with Crippen molar-refractivity contribution in [2.75, 3.05) is 26.2 Å². The molecule has 0 aliphatic carbocycles. The van der Waals surface area contributed by atoms with Gasteiger partial charge in [-0.1, -0.05) is 39.0 Å². The second-order valence-electron chi connectivity index (χ2n) is 6.76. The summed E-state index contributed by atoms with van der Waals surface area (Å²) in [5, 5.41) is 3.76. The zero-order chi connectivity index (χ0) is 14.8. The van der Waals surface area contributed by atoms with Gasteiger partial charge in [0.25, 0.3) is 0 Å². The molecule has 2 aliphatic heterocycles. The molecule has 21 heavy (non-hydrogen) atoms. The summed E-state index contributed by atoms with van der Waals surface area (Å²) in [7, 11) is 0. The van der Waals surface area contributed by atoms with E-state index in [1.54, 1.807) is 0 Å². The van der Waals surface area contributed by atoms with E-state index in [1.165, 1.54) is 25.1 Å². The minimum Gasteiger partial charge on any atom is -0.492 e. The Bertz CT molecular complexity index is 466. The number of ether oxygens (including phenoxy) is 1. The fourth-order valence-electron chi connectivity index (χ4n) is 3.65. The van der Waals surface area contributed by atoms with Crippen molar-refractivity contribution in [2.24, 2.45) is 11.8 Å². The molecule has 0 radical (unpaired) electrons. The lowest BCUT2D eigenvalue weighted by molar-refractivity contribution is 0.101. The summed E-state index contributed by atoms with van der Waals surface area (Å²) in [6.45, 7) is 11.2. The van der Waals surface area contributed by atoms with Crippen molar-refractivity contribution < 1.29 is 4.74 Å². The Kier molecular flexibility index (Phi) is 4.51. The highest BCUT2D eigenvalue weighted by Gasteiger charge is 2.38. The predicted molar refractivity (Wildman–Crippen MR) is 86.7 cm³/mol. The lowest BCUT2D eigenvalue weighted by atomic mass is 9.95. The minimum absolute atomic E-state index is 0.396. The van der Waals surface area contributed by atoms with Gasteiger partial charge in [0.2, 0.25) is 0 Å². The zero-order valence-electron chi connectivity index (χ0n) is 13.5. The zero-order valence-corrected chi connectivity index (χ0v) is 13.5. The standard InChI is InChI=1S/C18H28N2O/c1-4-9-19-18-15-7-5-6-8-17(15)21-12-16(18)20-10-13(2)14(3)11-20/h5-8,13-14,16,18-19H,4,9-12H2,1-3H3. The van der Waals surface area contributed by atoms with Gasteiger partial charge in [0, 0.05) is 18.7 Å². The fraction of sp³-hybridized carbons (Fsp3) is 0.667. The van der Waals surface area contributed by atoms with Crippen LogP contribution in [0, 0.1) is 11.8 Å². The summed E-state index contributed by atoms with van der Waals surface area (Å²) in [5.74, 6) is 2.63. The van der Waals surface area contributed by atoms with E-state index in [4.69, 9.17) is 4.74 Å². The molecule has 0 saturated carbocycles. The molecule has 1 fully saturated rings. The molecule has 2 heterocycles. The van der Waals surface area contributed by atoms with Gasteiger partial charge in [-0.05, 0) is 30.9 Å². The number of rotatable bonds is 4. The third-order valence-electron chi connectivity index (χ3n) is 5.15. The van der Waals surface area contributed by atoms with Crippen LogP contribution in [0.1, 0.15) is 38.8 Å². The molecular formula is C18H28N2O. The van der Waals surface area contributed by atoms with Crippen LogP contribution in [0.25, 0.3) is 0 Å². The molecule has 0 aromatic heterocycles. The van der Waals surface area contributed by atoms with Crippen LogP contribution < -0.4 is 10.1 Å². The minimum atomic E-state index is 0.396. The van der Waals surface area contributed by atoms with Crippen molar-refractivity contribution in [3.8, 4) is 5.75 Å². The van der Waals surface area contributed by atoms with Crippen LogP contribution in [-0.2, 0) is 0 Å². The Morgan fingerprint density at radius 3 is 2.62 bits per heavy atom. The van der Waals surface area contributed by atoms with Gasteiger partial charge in [0.1, 0.15) is 12.4 Å². The summed E-state index contributed by atoms with van der Waals surface area (Å²) in [4.78, 5) is 2.64. The molecule has 4 unspecified atom stereocenters. The van der Waals surface area contributed by atoms with E-state index in [0.717, 1.165) is 30.7 Å². The Balaban J connectivity index is 1.83. The molecule has 1 aromatic rings. The van der Waals surface area contributed by atoms with E-state index in [1.807, 2.05) is 0 Å². The predicted octanol–water partition coefficient (Wildman–Crippen LogP) is 3.08. The quantitative estimate of drug-likeness (QED) is 0.921. The van der Waals surface area contributed by atoms with Crippen molar-refractivity contribution >= 4 is 0 Å². The summed E-state index contributed by atoms with van der Waals surface area (Å²) in [6.07, 6.45) is 1.17. The average Bonchev–Trinajstić information content (AvgIpc) is 2.84. The van der Waals surface area contributed by atoms with Crippen molar-refractivity contribution in [3.63, 3.8) is 0 Å².